The molecule has 9 heteroatoms. The summed E-state index contributed by atoms with van der Waals surface area (Å²) in [4.78, 5) is 20.0. The van der Waals surface area contributed by atoms with Crippen molar-refractivity contribution < 1.29 is 17.9 Å². The molecule has 1 N–H and O–H groups in total. The van der Waals surface area contributed by atoms with E-state index in [1.54, 1.807) is 36.7 Å². The van der Waals surface area contributed by atoms with E-state index >= 15 is 0 Å². The normalized spacial score (nSPS) is 13.4. The molecule has 2 aromatic carbocycles. The maximum Gasteiger partial charge on any atom is 0.252 e. The minimum atomic E-state index is -3.99. The zero-order valence-corrected chi connectivity index (χ0v) is 19.3. The second kappa shape index (κ2) is 8.92. The van der Waals surface area contributed by atoms with Gasteiger partial charge in [0.25, 0.3) is 5.56 Å². The van der Waals surface area contributed by atoms with E-state index in [1.807, 2.05) is 25.1 Å². The number of para-hydroxylation sites is 1. The van der Waals surface area contributed by atoms with Gasteiger partial charge in [0.05, 0.1) is 10.4 Å². The number of benzene rings is 2. The molecular weight excluding hydrogens is 454 g/mol. The fourth-order valence-corrected chi connectivity index (χ4v) is 5.41. The summed E-state index contributed by atoms with van der Waals surface area (Å²) in [7, 11) is -3.99. The number of H-pyrrole nitrogens is 1. The highest BCUT2D eigenvalue weighted by Crippen LogP contribution is 2.33. The van der Waals surface area contributed by atoms with Crippen LogP contribution in [-0.4, -0.2) is 35.9 Å². The first-order valence-electron chi connectivity index (χ1n) is 10.8. The summed E-state index contributed by atoms with van der Waals surface area (Å²) in [6.45, 7) is 2.62. The van der Waals surface area contributed by atoms with Gasteiger partial charge in [0, 0.05) is 37.1 Å². The Hall–Kier alpha value is -3.69. The first-order chi connectivity index (χ1) is 16.4. The molecule has 34 heavy (non-hydrogen) atoms. The van der Waals surface area contributed by atoms with Gasteiger partial charge >= 0.3 is 0 Å². The third kappa shape index (κ3) is 4.27. The van der Waals surface area contributed by atoms with Crippen LogP contribution in [0.4, 0.5) is 0 Å². The first-order valence-corrected chi connectivity index (χ1v) is 12.3. The SMILES string of the molecule is Cc1cccc2cc(CN(Cc3cccnc3)S(=O)(=O)c3ccc4c(c3)OCCO4)c(=O)[nH]c12. The maximum absolute atomic E-state index is 13.8. The molecule has 1 aliphatic rings. The summed E-state index contributed by atoms with van der Waals surface area (Å²) in [5, 5.41) is 0.840. The van der Waals surface area contributed by atoms with Crippen LogP contribution in [0.2, 0.25) is 0 Å². The largest absolute Gasteiger partial charge is 0.486 e. The van der Waals surface area contributed by atoms with Crippen LogP contribution in [0.1, 0.15) is 16.7 Å². The summed E-state index contributed by atoms with van der Waals surface area (Å²) in [6.07, 6.45) is 3.24. The molecule has 0 atom stereocenters. The number of hydrogen-bond donors (Lipinski definition) is 1. The summed E-state index contributed by atoms with van der Waals surface area (Å²) in [6, 6.07) is 15.6. The van der Waals surface area contributed by atoms with Crippen LogP contribution in [0.3, 0.4) is 0 Å². The van der Waals surface area contributed by atoms with Gasteiger partial charge < -0.3 is 14.5 Å². The number of rotatable bonds is 6. The van der Waals surface area contributed by atoms with Gasteiger partial charge in [0.15, 0.2) is 11.5 Å². The second-order valence-electron chi connectivity index (χ2n) is 8.10. The van der Waals surface area contributed by atoms with Gasteiger partial charge in [-0.15, -0.1) is 0 Å². The summed E-state index contributed by atoms with van der Waals surface area (Å²) >= 11 is 0. The number of pyridine rings is 2. The van der Waals surface area contributed by atoms with Crippen LogP contribution in [0.15, 0.2) is 76.7 Å². The maximum atomic E-state index is 13.8. The Balaban J connectivity index is 1.57. The van der Waals surface area contributed by atoms with Gasteiger partial charge in [0.2, 0.25) is 10.0 Å². The lowest BCUT2D eigenvalue weighted by Gasteiger charge is -2.24. The van der Waals surface area contributed by atoms with Crippen molar-refractivity contribution in [3.05, 3.63) is 94.0 Å². The van der Waals surface area contributed by atoms with E-state index in [2.05, 4.69) is 9.97 Å². The van der Waals surface area contributed by atoms with Crippen molar-refractivity contribution >= 4 is 20.9 Å². The standard InChI is InChI=1S/C25H23N3O5S/c1-17-4-2-6-19-12-20(25(29)27-24(17)19)16-28(15-18-5-3-9-26-14-18)34(30,31)21-7-8-22-23(13-21)33-11-10-32-22/h2-9,12-14H,10-11,15-16H2,1H3,(H,27,29). The van der Waals surface area contributed by atoms with Crippen LogP contribution >= 0.6 is 0 Å². The molecule has 174 valence electrons. The van der Waals surface area contributed by atoms with Crippen molar-refractivity contribution in [2.75, 3.05) is 13.2 Å². The predicted octanol–water partition coefficient (Wildman–Crippen LogP) is 3.39. The molecule has 3 heterocycles. The molecule has 0 amide bonds. The van der Waals surface area contributed by atoms with E-state index in [9.17, 15) is 13.2 Å². The highest BCUT2D eigenvalue weighted by Gasteiger charge is 2.28. The third-order valence-electron chi connectivity index (χ3n) is 5.74. The molecule has 4 aromatic rings. The van der Waals surface area contributed by atoms with Crippen LogP contribution in [0.5, 0.6) is 11.5 Å². The lowest BCUT2D eigenvalue weighted by atomic mass is 10.1. The topological polar surface area (TPSA) is 102 Å². The smallest absolute Gasteiger partial charge is 0.252 e. The van der Waals surface area contributed by atoms with E-state index < -0.39 is 10.0 Å². The molecule has 0 aliphatic carbocycles. The predicted molar refractivity (Wildman–Crippen MR) is 127 cm³/mol. The molecule has 0 fully saturated rings. The number of aryl methyl sites for hydroxylation is 1. The molecule has 2 aromatic heterocycles. The molecule has 0 spiro atoms. The lowest BCUT2D eigenvalue weighted by Crippen LogP contribution is -2.32. The van der Waals surface area contributed by atoms with E-state index in [1.165, 1.54) is 16.4 Å². The fourth-order valence-electron chi connectivity index (χ4n) is 3.99. The van der Waals surface area contributed by atoms with Gasteiger partial charge in [-0.3, -0.25) is 9.78 Å². The fraction of sp³-hybridized carbons (Fsp3) is 0.200. The first kappa shape index (κ1) is 22.1. The van der Waals surface area contributed by atoms with Crippen LogP contribution in [-0.2, 0) is 23.1 Å². The monoisotopic (exact) mass is 477 g/mol. The highest BCUT2D eigenvalue weighted by molar-refractivity contribution is 7.89. The summed E-state index contributed by atoms with van der Waals surface area (Å²) in [5.74, 6) is 0.887. The van der Waals surface area contributed by atoms with E-state index in [4.69, 9.17) is 9.47 Å². The third-order valence-corrected chi connectivity index (χ3v) is 7.53. The van der Waals surface area contributed by atoms with Crippen molar-refractivity contribution in [3.63, 3.8) is 0 Å². The number of aromatic amines is 1. The molecule has 8 nitrogen and oxygen atoms in total. The molecule has 0 unspecified atom stereocenters. The minimum Gasteiger partial charge on any atom is -0.486 e. The van der Waals surface area contributed by atoms with E-state index in [0.29, 0.717) is 35.8 Å². The van der Waals surface area contributed by atoms with Crippen LogP contribution in [0, 0.1) is 6.92 Å². The van der Waals surface area contributed by atoms with Crippen molar-refractivity contribution in [1.29, 1.82) is 0 Å². The molecule has 0 radical (unpaired) electrons. The van der Waals surface area contributed by atoms with Gasteiger partial charge in [-0.2, -0.15) is 4.31 Å². The van der Waals surface area contributed by atoms with E-state index in [0.717, 1.165) is 16.5 Å². The summed E-state index contributed by atoms with van der Waals surface area (Å²) < 4.78 is 39.9. The average Bonchev–Trinajstić information content (AvgIpc) is 2.85. The number of sulfonamides is 1. The number of fused-ring (bicyclic) bond motifs is 2. The van der Waals surface area contributed by atoms with Gasteiger partial charge in [0.1, 0.15) is 13.2 Å². The number of nitrogens with one attached hydrogen (secondary N) is 1. The van der Waals surface area contributed by atoms with Crippen LogP contribution in [0.25, 0.3) is 10.9 Å². The van der Waals surface area contributed by atoms with Gasteiger partial charge in [-0.05, 0) is 47.7 Å². The van der Waals surface area contributed by atoms with Crippen LogP contribution < -0.4 is 15.0 Å². The number of aromatic nitrogens is 2. The second-order valence-corrected chi connectivity index (χ2v) is 10.0. The Labute approximate surface area is 196 Å². The zero-order chi connectivity index (χ0) is 23.7. The Morgan fingerprint density at radius 1 is 1.00 bits per heavy atom. The van der Waals surface area contributed by atoms with Gasteiger partial charge in [-0.25, -0.2) is 8.42 Å². The van der Waals surface area contributed by atoms with E-state index in [-0.39, 0.29) is 23.5 Å². The Morgan fingerprint density at radius 2 is 1.82 bits per heavy atom. The molecule has 0 bridgehead atoms. The van der Waals surface area contributed by atoms with Crippen molar-refractivity contribution in [2.45, 2.75) is 24.9 Å². The number of hydrogen-bond acceptors (Lipinski definition) is 6. The Bertz CT molecular complexity index is 1520. The molecule has 0 saturated heterocycles. The average molecular weight is 478 g/mol. The quantitative estimate of drug-likeness (QED) is 0.457. The van der Waals surface area contributed by atoms with Gasteiger partial charge in [-0.1, -0.05) is 24.3 Å². The van der Waals surface area contributed by atoms with Crippen molar-refractivity contribution in [3.8, 4) is 11.5 Å². The van der Waals surface area contributed by atoms with Crippen molar-refractivity contribution in [1.82, 2.24) is 14.3 Å². The highest BCUT2D eigenvalue weighted by atomic mass is 32.2. The Kier molecular flexibility index (Phi) is 5.80. The Morgan fingerprint density at radius 3 is 2.62 bits per heavy atom. The minimum absolute atomic E-state index is 0.0515. The zero-order valence-electron chi connectivity index (χ0n) is 18.5. The molecule has 0 saturated carbocycles. The molecule has 1 aliphatic heterocycles. The lowest BCUT2D eigenvalue weighted by molar-refractivity contribution is 0.171. The number of nitrogens with zero attached hydrogens (tertiary/aromatic N) is 2. The molecule has 5 rings (SSSR count). The summed E-state index contributed by atoms with van der Waals surface area (Å²) in [5.41, 5.74) is 2.41. The van der Waals surface area contributed by atoms with Crippen molar-refractivity contribution in [2.24, 2.45) is 0 Å². The molecular formula is C25H23N3O5S. The number of ether oxygens (including phenoxy) is 2.